The summed E-state index contributed by atoms with van der Waals surface area (Å²) in [6, 6.07) is 0. The molecule has 0 aliphatic rings. The predicted molar refractivity (Wildman–Crippen MR) is 68.4 cm³/mol. The molecule has 3 nitrogen and oxygen atoms in total. The summed E-state index contributed by atoms with van der Waals surface area (Å²) < 4.78 is 5.58. The minimum absolute atomic E-state index is 0.348. The molecule has 0 saturated heterocycles. The largest absolute Gasteiger partial charge is 0.381 e. The molecular weight excluding hydrogens is 202 g/mol. The lowest BCUT2D eigenvalue weighted by atomic mass is 9.99. The van der Waals surface area contributed by atoms with Gasteiger partial charge in [-0.3, -0.25) is 5.32 Å². The van der Waals surface area contributed by atoms with Crippen molar-refractivity contribution in [3.63, 3.8) is 0 Å². The first kappa shape index (κ1) is 15.9. The molecule has 0 heterocycles. The first-order valence-corrected chi connectivity index (χ1v) is 6.57. The van der Waals surface area contributed by atoms with E-state index in [1.807, 2.05) is 0 Å². The van der Waals surface area contributed by atoms with Gasteiger partial charge in [-0.2, -0.15) is 0 Å². The molecule has 0 aromatic carbocycles. The van der Waals surface area contributed by atoms with Crippen molar-refractivity contribution in [1.29, 1.82) is 0 Å². The lowest BCUT2D eigenvalue weighted by Crippen LogP contribution is -2.30. The van der Waals surface area contributed by atoms with Crippen LogP contribution in [0.4, 0.5) is 0 Å². The molecule has 16 heavy (non-hydrogen) atoms. The maximum atomic E-state index is 9.41. The maximum absolute atomic E-state index is 9.41. The Bertz CT molecular complexity index is 151. The Morgan fingerprint density at radius 3 is 2.50 bits per heavy atom. The number of aliphatic hydroxyl groups excluding tert-OH is 1. The normalized spacial score (nSPS) is 15.4. The van der Waals surface area contributed by atoms with E-state index in [-0.39, 0.29) is 6.23 Å². The van der Waals surface area contributed by atoms with Gasteiger partial charge < -0.3 is 9.84 Å². The molecule has 0 aromatic rings. The molecule has 2 N–H and O–H groups in total. The molecule has 0 saturated carbocycles. The molecule has 98 valence electrons. The summed E-state index contributed by atoms with van der Waals surface area (Å²) in [7, 11) is 0. The first-order chi connectivity index (χ1) is 7.57. The van der Waals surface area contributed by atoms with Crippen LogP contribution in [0.15, 0.2) is 0 Å². The van der Waals surface area contributed by atoms with Gasteiger partial charge in [0.15, 0.2) is 0 Å². The second-order valence-electron chi connectivity index (χ2n) is 4.91. The number of ether oxygens (including phenoxy) is 1. The zero-order valence-corrected chi connectivity index (χ0v) is 11.3. The van der Waals surface area contributed by atoms with Crippen LogP contribution in [0.5, 0.6) is 0 Å². The smallest absolute Gasteiger partial charge is 0.104 e. The molecule has 3 heteroatoms. The molecule has 0 aromatic heterocycles. The van der Waals surface area contributed by atoms with Crippen LogP contribution in [0, 0.1) is 11.8 Å². The second-order valence-corrected chi connectivity index (χ2v) is 4.91. The van der Waals surface area contributed by atoms with Gasteiger partial charge in [-0.05, 0) is 31.2 Å². The highest BCUT2D eigenvalue weighted by molar-refractivity contribution is 4.56. The third-order valence-corrected chi connectivity index (χ3v) is 2.93. The third-order valence-electron chi connectivity index (χ3n) is 2.93. The minimum Gasteiger partial charge on any atom is -0.381 e. The van der Waals surface area contributed by atoms with Crippen molar-refractivity contribution in [3.8, 4) is 0 Å². The molecule has 0 rings (SSSR count). The van der Waals surface area contributed by atoms with Crippen molar-refractivity contribution >= 4 is 0 Å². The Morgan fingerprint density at radius 1 is 1.25 bits per heavy atom. The second kappa shape index (κ2) is 10.1. The Labute approximate surface area is 101 Å². The quantitative estimate of drug-likeness (QED) is 0.448. The van der Waals surface area contributed by atoms with Crippen LogP contribution in [0.1, 0.15) is 47.0 Å². The van der Waals surface area contributed by atoms with Gasteiger partial charge in [-0.15, -0.1) is 0 Å². The van der Waals surface area contributed by atoms with E-state index in [9.17, 15) is 5.11 Å². The zero-order valence-electron chi connectivity index (χ0n) is 11.3. The summed E-state index contributed by atoms with van der Waals surface area (Å²) in [6.07, 6.45) is 2.45. The summed E-state index contributed by atoms with van der Waals surface area (Å²) in [5.41, 5.74) is 0. The molecule has 0 aliphatic heterocycles. The van der Waals surface area contributed by atoms with Crippen molar-refractivity contribution in [1.82, 2.24) is 5.32 Å². The van der Waals surface area contributed by atoms with Crippen molar-refractivity contribution in [2.24, 2.45) is 11.8 Å². The van der Waals surface area contributed by atoms with Crippen LogP contribution in [0.2, 0.25) is 0 Å². The van der Waals surface area contributed by atoms with E-state index in [2.05, 4.69) is 33.0 Å². The average Bonchev–Trinajstić information content (AvgIpc) is 2.23. The molecule has 0 radical (unpaired) electrons. The summed E-state index contributed by atoms with van der Waals surface area (Å²) >= 11 is 0. The lowest BCUT2D eigenvalue weighted by Gasteiger charge is -2.16. The van der Waals surface area contributed by atoms with Crippen molar-refractivity contribution in [2.45, 2.75) is 53.2 Å². The van der Waals surface area contributed by atoms with Crippen molar-refractivity contribution < 1.29 is 9.84 Å². The summed E-state index contributed by atoms with van der Waals surface area (Å²) in [4.78, 5) is 0. The highest BCUT2D eigenvalue weighted by atomic mass is 16.5. The highest BCUT2D eigenvalue weighted by Gasteiger charge is 2.06. The SMILES string of the molecule is CCCC(O)NCCCOCC(C)C(C)C. The van der Waals surface area contributed by atoms with Gasteiger partial charge in [0.05, 0.1) is 0 Å². The number of nitrogens with one attached hydrogen (secondary N) is 1. The van der Waals surface area contributed by atoms with Crippen LogP contribution < -0.4 is 5.32 Å². The minimum atomic E-state index is -0.348. The summed E-state index contributed by atoms with van der Waals surface area (Å²) in [5.74, 6) is 1.31. The number of hydrogen-bond donors (Lipinski definition) is 2. The lowest BCUT2D eigenvalue weighted by molar-refractivity contribution is 0.0812. The van der Waals surface area contributed by atoms with Crippen LogP contribution >= 0.6 is 0 Å². The Balaban J connectivity index is 3.21. The Kier molecular flexibility index (Phi) is 9.99. The van der Waals surface area contributed by atoms with E-state index < -0.39 is 0 Å². The monoisotopic (exact) mass is 231 g/mol. The molecule has 2 unspecified atom stereocenters. The van der Waals surface area contributed by atoms with Crippen molar-refractivity contribution in [3.05, 3.63) is 0 Å². The molecule has 0 aliphatic carbocycles. The average molecular weight is 231 g/mol. The highest BCUT2D eigenvalue weighted by Crippen LogP contribution is 2.09. The van der Waals surface area contributed by atoms with Gasteiger partial charge in [0.2, 0.25) is 0 Å². The van der Waals surface area contributed by atoms with E-state index in [1.165, 1.54) is 0 Å². The van der Waals surface area contributed by atoms with Gasteiger partial charge in [-0.1, -0.05) is 34.1 Å². The fourth-order valence-corrected chi connectivity index (χ4v) is 1.28. The standard InChI is InChI=1S/C13H29NO2/c1-5-7-13(15)14-8-6-9-16-10-12(4)11(2)3/h11-15H,5-10H2,1-4H3. The molecule has 0 amide bonds. The van der Waals surface area contributed by atoms with E-state index in [0.29, 0.717) is 11.8 Å². The molecule has 0 fully saturated rings. The van der Waals surface area contributed by atoms with Gasteiger partial charge in [-0.25, -0.2) is 0 Å². The molecule has 0 bridgehead atoms. The fraction of sp³-hybridized carbons (Fsp3) is 1.00. The zero-order chi connectivity index (χ0) is 12.4. The summed E-state index contributed by atoms with van der Waals surface area (Å²) in [6.45, 7) is 11.2. The topological polar surface area (TPSA) is 41.5 Å². The van der Waals surface area contributed by atoms with E-state index in [4.69, 9.17) is 4.74 Å². The predicted octanol–water partition coefficient (Wildman–Crippen LogP) is 2.39. The van der Waals surface area contributed by atoms with E-state index >= 15 is 0 Å². The Hall–Kier alpha value is -0.120. The van der Waals surface area contributed by atoms with Gasteiger partial charge in [0, 0.05) is 13.2 Å². The van der Waals surface area contributed by atoms with Crippen LogP contribution in [-0.2, 0) is 4.74 Å². The molecule has 0 spiro atoms. The number of aliphatic hydroxyl groups is 1. The van der Waals surface area contributed by atoms with Crippen LogP contribution in [0.3, 0.4) is 0 Å². The first-order valence-electron chi connectivity index (χ1n) is 6.57. The van der Waals surface area contributed by atoms with Crippen molar-refractivity contribution in [2.75, 3.05) is 19.8 Å². The number of rotatable bonds is 10. The van der Waals surface area contributed by atoms with Gasteiger partial charge >= 0.3 is 0 Å². The van der Waals surface area contributed by atoms with Crippen LogP contribution in [-0.4, -0.2) is 31.1 Å². The van der Waals surface area contributed by atoms with E-state index in [1.54, 1.807) is 0 Å². The van der Waals surface area contributed by atoms with Crippen LogP contribution in [0.25, 0.3) is 0 Å². The van der Waals surface area contributed by atoms with Gasteiger partial charge in [0.25, 0.3) is 0 Å². The maximum Gasteiger partial charge on any atom is 0.104 e. The van der Waals surface area contributed by atoms with Gasteiger partial charge in [0.1, 0.15) is 6.23 Å². The third kappa shape index (κ3) is 9.13. The van der Waals surface area contributed by atoms with E-state index in [0.717, 1.165) is 39.0 Å². The fourth-order valence-electron chi connectivity index (χ4n) is 1.28. The molecular formula is C13H29NO2. The number of hydrogen-bond acceptors (Lipinski definition) is 3. The molecule has 2 atom stereocenters. The summed E-state index contributed by atoms with van der Waals surface area (Å²) in [5, 5.41) is 12.5. The Morgan fingerprint density at radius 2 is 1.94 bits per heavy atom.